The minimum absolute atomic E-state index is 0.0434. The van der Waals surface area contributed by atoms with Crippen molar-refractivity contribution >= 4 is 27.3 Å². The van der Waals surface area contributed by atoms with Gasteiger partial charge in [-0.3, -0.25) is 4.79 Å². The van der Waals surface area contributed by atoms with Crippen molar-refractivity contribution < 1.29 is 26.4 Å². The first-order valence-electron chi connectivity index (χ1n) is 10.4. The summed E-state index contributed by atoms with van der Waals surface area (Å²) in [5.74, 6) is -0.303. The smallest absolute Gasteiger partial charge is 0.345 e. The van der Waals surface area contributed by atoms with Crippen LogP contribution >= 0.6 is 11.6 Å². The first-order chi connectivity index (χ1) is 14.0. The predicted molar refractivity (Wildman–Crippen MR) is 110 cm³/mol. The largest absolute Gasteiger partial charge is 0.416 e. The molecule has 9 heteroatoms. The van der Waals surface area contributed by atoms with Crippen LogP contribution in [0.1, 0.15) is 67.8 Å². The van der Waals surface area contributed by atoms with Gasteiger partial charge in [-0.1, -0.05) is 37.8 Å². The number of nitrogens with one attached hydrogen (secondary N) is 1. The molecule has 0 saturated heterocycles. The highest BCUT2D eigenvalue weighted by Gasteiger charge is 2.48. The van der Waals surface area contributed by atoms with Gasteiger partial charge in [0.15, 0.2) is 9.84 Å². The SMILES string of the molecule is CCCS(=O)(=O)CC(CC1CC1)(NC(=O)c1ccc(C(F)(F)F)cc1Cl)C1CCC1. The molecule has 0 radical (unpaired) electrons. The lowest BCUT2D eigenvalue weighted by Gasteiger charge is -2.46. The summed E-state index contributed by atoms with van der Waals surface area (Å²) in [6.07, 6.45) is 1.13. The quantitative estimate of drug-likeness (QED) is 0.541. The topological polar surface area (TPSA) is 63.2 Å². The lowest BCUT2D eigenvalue weighted by atomic mass is 9.69. The van der Waals surface area contributed by atoms with Crippen LogP contribution in [0.4, 0.5) is 13.2 Å². The molecule has 2 saturated carbocycles. The van der Waals surface area contributed by atoms with Crippen LogP contribution in [0, 0.1) is 11.8 Å². The highest BCUT2D eigenvalue weighted by atomic mass is 35.5. The van der Waals surface area contributed by atoms with Gasteiger partial charge in [0.25, 0.3) is 5.91 Å². The van der Waals surface area contributed by atoms with Gasteiger partial charge >= 0.3 is 6.18 Å². The molecule has 0 aromatic heterocycles. The van der Waals surface area contributed by atoms with Crippen LogP contribution in [0.25, 0.3) is 0 Å². The Labute approximate surface area is 180 Å². The minimum Gasteiger partial charge on any atom is -0.345 e. The third-order valence-corrected chi connectivity index (χ3v) is 8.43. The molecule has 2 aliphatic carbocycles. The van der Waals surface area contributed by atoms with Crippen LogP contribution in [0.2, 0.25) is 5.02 Å². The Kier molecular flexibility index (Phi) is 6.77. The normalized spacial score (nSPS) is 19.8. The number of alkyl halides is 3. The molecule has 4 nitrogen and oxygen atoms in total. The molecule has 1 amide bonds. The van der Waals surface area contributed by atoms with E-state index in [2.05, 4.69) is 5.32 Å². The summed E-state index contributed by atoms with van der Waals surface area (Å²) >= 11 is 6.01. The van der Waals surface area contributed by atoms with E-state index >= 15 is 0 Å². The van der Waals surface area contributed by atoms with Crippen LogP contribution in [-0.2, 0) is 16.0 Å². The number of hydrogen-bond acceptors (Lipinski definition) is 3. The van der Waals surface area contributed by atoms with E-state index < -0.39 is 33.0 Å². The molecule has 1 N–H and O–H groups in total. The van der Waals surface area contributed by atoms with E-state index in [-0.39, 0.29) is 28.0 Å². The Bertz CT molecular complexity index is 895. The van der Waals surface area contributed by atoms with Crippen molar-refractivity contribution in [3.8, 4) is 0 Å². The molecule has 0 spiro atoms. The second-order valence-electron chi connectivity index (χ2n) is 8.67. The van der Waals surface area contributed by atoms with E-state index in [4.69, 9.17) is 11.6 Å². The van der Waals surface area contributed by atoms with Crippen LogP contribution in [0.3, 0.4) is 0 Å². The summed E-state index contributed by atoms with van der Waals surface area (Å²) in [5.41, 5.74) is -1.91. The maximum absolute atomic E-state index is 13.1. The zero-order valence-electron chi connectivity index (χ0n) is 16.9. The van der Waals surface area contributed by atoms with Crippen molar-refractivity contribution in [3.63, 3.8) is 0 Å². The van der Waals surface area contributed by atoms with Crippen LogP contribution in [0.15, 0.2) is 18.2 Å². The van der Waals surface area contributed by atoms with Gasteiger partial charge in [-0.25, -0.2) is 8.42 Å². The fourth-order valence-corrected chi connectivity index (χ4v) is 6.52. The molecule has 0 aliphatic heterocycles. The maximum atomic E-state index is 13.1. The Morgan fingerprint density at radius 2 is 1.87 bits per heavy atom. The number of amides is 1. The number of halogens is 4. The van der Waals surface area contributed by atoms with Crippen LogP contribution in [-0.4, -0.2) is 31.4 Å². The predicted octanol–water partition coefficient (Wildman–Crippen LogP) is 5.25. The average molecular weight is 466 g/mol. The average Bonchev–Trinajstić information content (AvgIpc) is 3.34. The van der Waals surface area contributed by atoms with E-state index in [0.29, 0.717) is 18.8 Å². The van der Waals surface area contributed by atoms with Crippen molar-refractivity contribution in [3.05, 3.63) is 34.3 Å². The van der Waals surface area contributed by atoms with Crippen molar-refractivity contribution in [1.29, 1.82) is 0 Å². The molecule has 168 valence electrons. The van der Waals surface area contributed by atoms with Gasteiger partial charge in [0.2, 0.25) is 0 Å². The fraction of sp³-hybridized carbons (Fsp3) is 0.667. The van der Waals surface area contributed by atoms with Gasteiger partial charge in [-0.15, -0.1) is 0 Å². The molecule has 1 unspecified atom stereocenters. The summed E-state index contributed by atoms with van der Waals surface area (Å²) in [4.78, 5) is 13.1. The summed E-state index contributed by atoms with van der Waals surface area (Å²) in [6.45, 7) is 1.80. The molecule has 2 fully saturated rings. The van der Waals surface area contributed by atoms with Crippen molar-refractivity contribution in [2.75, 3.05) is 11.5 Å². The van der Waals surface area contributed by atoms with Gasteiger partial charge in [0.1, 0.15) is 0 Å². The highest BCUT2D eigenvalue weighted by molar-refractivity contribution is 7.91. The molecule has 0 bridgehead atoms. The number of rotatable bonds is 9. The third kappa shape index (κ3) is 5.49. The summed E-state index contributed by atoms with van der Waals surface area (Å²) in [7, 11) is -3.39. The van der Waals surface area contributed by atoms with Crippen molar-refractivity contribution in [2.45, 2.75) is 63.6 Å². The second kappa shape index (κ2) is 8.69. The molecule has 30 heavy (non-hydrogen) atoms. The molecule has 1 aromatic carbocycles. The van der Waals surface area contributed by atoms with E-state index in [1.165, 1.54) is 0 Å². The zero-order chi connectivity index (χ0) is 22.2. The standard InChI is InChI=1S/C21H27ClF3NO3S/c1-2-10-30(28,29)13-20(12-14-6-7-14,15-4-3-5-15)26-19(27)17-9-8-16(11-18(17)22)21(23,24)25/h8-9,11,14-15H,2-7,10,12-13H2,1H3,(H,26,27). The minimum atomic E-state index is -4.56. The van der Waals surface area contributed by atoms with Gasteiger partial charge in [-0.05, 0) is 55.7 Å². The lowest BCUT2D eigenvalue weighted by molar-refractivity contribution is -0.137. The molecule has 1 aromatic rings. The van der Waals surface area contributed by atoms with Gasteiger partial charge in [0, 0.05) is 5.75 Å². The van der Waals surface area contributed by atoms with Crippen molar-refractivity contribution in [1.82, 2.24) is 5.32 Å². The van der Waals surface area contributed by atoms with Gasteiger partial charge in [-0.2, -0.15) is 13.2 Å². The molecule has 2 aliphatic rings. The monoisotopic (exact) mass is 465 g/mol. The number of sulfone groups is 1. The highest BCUT2D eigenvalue weighted by Crippen LogP contribution is 2.46. The Morgan fingerprint density at radius 1 is 1.20 bits per heavy atom. The summed E-state index contributed by atoms with van der Waals surface area (Å²) < 4.78 is 64.2. The van der Waals surface area contributed by atoms with Gasteiger partial charge < -0.3 is 5.32 Å². The lowest BCUT2D eigenvalue weighted by Crippen LogP contribution is -2.60. The molecule has 0 heterocycles. The van der Waals surface area contributed by atoms with Crippen molar-refractivity contribution in [2.24, 2.45) is 11.8 Å². The van der Waals surface area contributed by atoms with E-state index in [1.54, 1.807) is 6.92 Å². The summed E-state index contributed by atoms with van der Waals surface area (Å²) in [6, 6.07) is 2.61. The zero-order valence-corrected chi connectivity index (χ0v) is 18.5. The maximum Gasteiger partial charge on any atom is 0.416 e. The number of hydrogen-bond donors (Lipinski definition) is 1. The molecule has 3 rings (SSSR count). The Morgan fingerprint density at radius 3 is 2.33 bits per heavy atom. The van der Waals surface area contributed by atoms with E-state index in [1.807, 2.05) is 0 Å². The van der Waals surface area contributed by atoms with E-state index in [9.17, 15) is 26.4 Å². The first kappa shape index (κ1) is 23.4. The van der Waals surface area contributed by atoms with Gasteiger partial charge in [0.05, 0.1) is 27.4 Å². The number of carbonyl (C=O) groups excluding carboxylic acids is 1. The molecular formula is C21H27ClF3NO3S. The fourth-order valence-electron chi connectivity index (χ4n) is 4.28. The Balaban J connectivity index is 1.91. The molecule has 1 atom stereocenters. The van der Waals surface area contributed by atoms with Crippen LogP contribution < -0.4 is 5.32 Å². The summed E-state index contributed by atoms with van der Waals surface area (Å²) in [5, 5.41) is 2.65. The second-order valence-corrected chi connectivity index (χ2v) is 11.3. The first-order valence-corrected chi connectivity index (χ1v) is 12.6. The third-order valence-electron chi connectivity index (χ3n) is 6.13. The van der Waals surface area contributed by atoms with E-state index in [0.717, 1.165) is 50.3 Å². The number of benzene rings is 1. The van der Waals surface area contributed by atoms with Crippen LogP contribution in [0.5, 0.6) is 0 Å². The molecular weight excluding hydrogens is 439 g/mol. The number of carbonyl (C=O) groups is 1. The Hall–Kier alpha value is -1.28.